The quantitative estimate of drug-likeness (QED) is 0.335. The van der Waals surface area contributed by atoms with Crippen molar-refractivity contribution in [1.29, 1.82) is 0 Å². The van der Waals surface area contributed by atoms with E-state index in [1.807, 2.05) is 24.8 Å². The number of imidazole rings is 2. The van der Waals surface area contributed by atoms with Gasteiger partial charge in [-0.3, -0.25) is 0 Å². The molecule has 30 heavy (non-hydrogen) atoms. The predicted octanol–water partition coefficient (Wildman–Crippen LogP) is 6.38. The highest BCUT2D eigenvalue weighted by Crippen LogP contribution is 2.35. The Morgan fingerprint density at radius 2 is 1.00 bits per heavy atom. The fourth-order valence-electron chi connectivity index (χ4n) is 4.70. The van der Waals surface area contributed by atoms with E-state index in [0.717, 1.165) is 23.9 Å². The summed E-state index contributed by atoms with van der Waals surface area (Å²) in [6.07, 6.45) is 5.98. The van der Waals surface area contributed by atoms with Crippen molar-refractivity contribution in [3.05, 3.63) is 96.6 Å². The van der Waals surface area contributed by atoms with Crippen molar-refractivity contribution in [2.45, 2.75) is 38.8 Å². The molecular formula is C26H26N4. The van der Waals surface area contributed by atoms with Crippen LogP contribution in [0.5, 0.6) is 0 Å². The zero-order valence-electron chi connectivity index (χ0n) is 17.4. The SMILES string of the molecule is CC[C@H](c1ccccc1[C@@H](CC)n1cnc2ccccc21)n1cnc2ccccc21. The predicted molar refractivity (Wildman–Crippen MR) is 123 cm³/mol. The minimum absolute atomic E-state index is 0.234. The highest BCUT2D eigenvalue weighted by molar-refractivity contribution is 5.76. The molecule has 0 N–H and O–H groups in total. The minimum atomic E-state index is 0.234. The standard InChI is InChI=1S/C26H26N4/c1-3-23(29-17-27-21-13-7-9-15-25(21)29)19-11-5-6-12-20(19)24(4-2)30-18-28-22-14-8-10-16-26(22)30/h5-18,23-24H,3-4H2,1-2H3/t23-,24-/m1/s1. The first-order valence-electron chi connectivity index (χ1n) is 10.7. The van der Waals surface area contributed by atoms with E-state index in [2.05, 4.69) is 93.6 Å². The minimum Gasteiger partial charge on any atom is -0.323 e. The van der Waals surface area contributed by atoms with E-state index in [1.165, 1.54) is 22.2 Å². The van der Waals surface area contributed by atoms with E-state index in [0.29, 0.717) is 0 Å². The van der Waals surface area contributed by atoms with Gasteiger partial charge in [-0.2, -0.15) is 0 Å². The third kappa shape index (κ3) is 3.00. The summed E-state index contributed by atoms with van der Waals surface area (Å²) in [4.78, 5) is 9.29. The van der Waals surface area contributed by atoms with Gasteiger partial charge in [-0.05, 0) is 48.2 Å². The van der Waals surface area contributed by atoms with E-state index in [-0.39, 0.29) is 12.1 Å². The number of aromatic nitrogens is 4. The molecule has 2 heterocycles. The van der Waals surface area contributed by atoms with Gasteiger partial charge < -0.3 is 9.13 Å². The lowest BCUT2D eigenvalue weighted by Gasteiger charge is -2.26. The summed E-state index contributed by atoms with van der Waals surface area (Å²) >= 11 is 0. The van der Waals surface area contributed by atoms with Gasteiger partial charge in [0.2, 0.25) is 0 Å². The fourth-order valence-corrected chi connectivity index (χ4v) is 4.70. The maximum atomic E-state index is 4.65. The molecule has 2 atom stereocenters. The van der Waals surface area contributed by atoms with Gasteiger partial charge in [0.1, 0.15) is 0 Å². The molecule has 150 valence electrons. The smallest absolute Gasteiger partial charge is 0.0964 e. The maximum Gasteiger partial charge on any atom is 0.0964 e. The van der Waals surface area contributed by atoms with Crippen LogP contribution in [-0.2, 0) is 0 Å². The first-order valence-corrected chi connectivity index (χ1v) is 10.7. The normalized spacial score (nSPS) is 13.7. The van der Waals surface area contributed by atoms with Crippen LogP contribution in [0.3, 0.4) is 0 Å². The van der Waals surface area contributed by atoms with Gasteiger partial charge >= 0.3 is 0 Å². The second kappa shape index (κ2) is 7.79. The van der Waals surface area contributed by atoms with E-state index >= 15 is 0 Å². The molecule has 0 aliphatic heterocycles. The van der Waals surface area contributed by atoms with Gasteiger partial charge in [0.15, 0.2) is 0 Å². The van der Waals surface area contributed by atoms with Crippen LogP contribution in [0, 0.1) is 0 Å². The molecule has 0 radical (unpaired) electrons. The zero-order valence-corrected chi connectivity index (χ0v) is 17.4. The van der Waals surface area contributed by atoms with Crippen molar-refractivity contribution >= 4 is 22.1 Å². The number of nitrogens with zero attached hydrogens (tertiary/aromatic N) is 4. The summed E-state index contributed by atoms with van der Waals surface area (Å²) in [7, 11) is 0. The number of hydrogen-bond acceptors (Lipinski definition) is 2. The average Bonchev–Trinajstić information content (AvgIpc) is 3.41. The van der Waals surface area contributed by atoms with Crippen molar-refractivity contribution < 1.29 is 0 Å². The summed E-state index contributed by atoms with van der Waals surface area (Å²) in [5.41, 5.74) is 7.16. The number of rotatable bonds is 6. The Labute approximate surface area is 176 Å². The Balaban J connectivity index is 1.66. The lowest BCUT2D eigenvalue weighted by atomic mass is 9.92. The van der Waals surface area contributed by atoms with Gasteiger partial charge in [0, 0.05) is 0 Å². The molecule has 5 aromatic rings. The second-order valence-electron chi connectivity index (χ2n) is 7.76. The van der Waals surface area contributed by atoms with Crippen LogP contribution in [0.15, 0.2) is 85.5 Å². The van der Waals surface area contributed by atoms with Crippen LogP contribution in [0.1, 0.15) is 49.9 Å². The Hall–Kier alpha value is -3.40. The first-order chi connectivity index (χ1) is 14.8. The monoisotopic (exact) mass is 394 g/mol. The van der Waals surface area contributed by atoms with Crippen LogP contribution in [0.4, 0.5) is 0 Å². The molecule has 0 spiro atoms. The largest absolute Gasteiger partial charge is 0.323 e. The fraction of sp³-hybridized carbons (Fsp3) is 0.231. The molecule has 0 aliphatic carbocycles. The molecule has 0 fully saturated rings. The van der Waals surface area contributed by atoms with Gasteiger partial charge in [-0.15, -0.1) is 0 Å². The van der Waals surface area contributed by atoms with E-state index < -0.39 is 0 Å². The van der Waals surface area contributed by atoms with Gasteiger partial charge in [0.25, 0.3) is 0 Å². The van der Waals surface area contributed by atoms with Crippen molar-refractivity contribution in [3.8, 4) is 0 Å². The molecule has 0 saturated heterocycles. The van der Waals surface area contributed by atoms with Crippen molar-refractivity contribution in [2.24, 2.45) is 0 Å². The highest BCUT2D eigenvalue weighted by Gasteiger charge is 2.23. The van der Waals surface area contributed by atoms with Crippen LogP contribution in [-0.4, -0.2) is 19.1 Å². The Kier molecular flexibility index (Phi) is 4.83. The topological polar surface area (TPSA) is 35.6 Å². The molecule has 0 unspecified atom stereocenters. The summed E-state index contributed by atoms with van der Waals surface area (Å²) in [5.74, 6) is 0. The third-order valence-corrected chi connectivity index (χ3v) is 6.12. The van der Waals surface area contributed by atoms with Crippen LogP contribution in [0.2, 0.25) is 0 Å². The Morgan fingerprint density at radius 3 is 1.43 bits per heavy atom. The molecule has 4 heteroatoms. The van der Waals surface area contributed by atoms with Crippen molar-refractivity contribution in [3.63, 3.8) is 0 Å². The maximum absolute atomic E-state index is 4.65. The van der Waals surface area contributed by atoms with Crippen LogP contribution >= 0.6 is 0 Å². The summed E-state index contributed by atoms with van der Waals surface area (Å²) in [6, 6.07) is 26.1. The number of hydrogen-bond donors (Lipinski definition) is 0. The van der Waals surface area contributed by atoms with Crippen molar-refractivity contribution in [1.82, 2.24) is 19.1 Å². The number of para-hydroxylation sites is 4. The third-order valence-electron chi connectivity index (χ3n) is 6.12. The summed E-state index contributed by atoms with van der Waals surface area (Å²) in [5, 5.41) is 0. The molecule has 0 saturated carbocycles. The summed E-state index contributed by atoms with van der Waals surface area (Å²) in [6.45, 7) is 4.51. The molecular weight excluding hydrogens is 368 g/mol. The Bertz CT molecular complexity index is 1200. The van der Waals surface area contributed by atoms with Gasteiger partial charge in [-0.25, -0.2) is 9.97 Å². The number of fused-ring (bicyclic) bond motifs is 2. The average molecular weight is 395 g/mol. The molecule has 5 rings (SSSR count). The Morgan fingerprint density at radius 1 is 0.600 bits per heavy atom. The highest BCUT2D eigenvalue weighted by atomic mass is 15.1. The van der Waals surface area contributed by atoms with Crippen LogP contribution < -0.4 is 0 Å². The van der Waals surface area contributed by atoms with Gasteiger partial charge in [0.05, 0.1) is 46.8 Å². The lowest BCUT2D eigenvalue weighted by molar-refractivity contribution is 0.536. The van der Waals surface area contributed by atoms with Gasteiger partial charge in [-0.1, -0.05) is 62.4 Å². The molecule has 3 aromatic carbocycles. The molecule has 0 bridgehead atoms. The number of benzene rings is 3. The molecule has 0 amide bonds. The molecule has 2 aromatic heterocycles. The van der Waals surface area contributed by atoms with Crippen LogP contribution in [0.25, 0.3) is 22.1 Å². The molecule has 0 aliphatic rings. The van der Waals surface area contributed by atoms with E-state index in [1.54, 1.807) is 0 Å². The second-order valence-corrected chi connectivity index (χ2v) is 7.76. The first kappa shape index (κ1) is 18.6. The summed E-state index contributed by atoms with van der Waals surface area (Å²) < 4.78 is 4.65. The molecule has 4 nitrogen and oxygen atoms in total. The van der Waals surface area contributed by atoms with Crippen molar-refractivity contribution in [2.75, 3.05) is 0 Å². The van der Waals surface area contributed by atoms with E-state index in [9.17, 15) is 0 Å². The lowest BCUT2D eigenvalue weighted by Crippen LogP contribution is -2.16. The zero-order chi connectivity index (χ0) is 20.5. The van der Waals surface area contributed by atoms with E-state index in [4.69, 9.17) is 0 Å².